The summed E-state index contributed by atoms with van der Waals surface area (Å²) in [4.78, 5) is 0. The summed E-state index contributed by atoms with van der Waals surface area (Å²) in [5.41, 5.74) is 7.41. The van der Waals surface area contributed by atoms with Gasteiger partial charge in [-0.2, -0.15) is 0 Å². The zero-order chi connectivity index (χ0) is 29.0. The highest BCUT2D eigenvalue weighted by Gasteiger charge is 2.17. The van der Waals surface area contributed by atoms with Gasteiger partial charge >= 0.3 is 0 Å². The van der Waals surface area contributed by atoms with E-state index in [1.807, 2.05) is 0 Å². The van der Waals surface area contributed by atoms with Gasteiger partial charge < -0.3 is 0 Å². The fourth-order valence-corrected chi connectivity index (χ4v) is 7.25. The first-order valence-electron chi connectivity index (χ1n) is 15.3. The second kappa shape index (κ2) is 9.93. The molecule has 9 aromatic carbocycles. The van der Waals surface area contributed by atoms with Crippen molar-refractivity contribution in [2.24, 2.45) is 0 Å². The molecule has 0 heteroatoms. The van der Waals surface area contributed by atoms with E-state index in [0.717, 1.165) is 0 Å². The lowest BCUT2D eigenvalue weighted by molar-refractivity contribution is 1.58. The molecule has 0 aromatic heterocycles. The molecule has 0 nitrogen and oxygen atoms in total. The molecule has 0 atom stereocenters. The van der Waals surface area contributed by atoms with Crippen molar-refractivity contribution in [3.8, 4) is 33.4 Å². The van der Waals surface area contributed by atoms with Crippen LogP contribution in [-0.2, 0) is 0 Å². The van der Waals surface area contributed by atoms with E-state index in [1.165, 1.54) is 87.2 Å². The predicted octanol–water partition coefficient (Wildman–Crippen LogP) is 12.5. The molecular formula is C44H28. The van der Waals surface area contributed by atoms with Crippen LogP contribution in [0.5, 0.6) is 0 Å². The Hall–Kier alpha value is -5.72. The first-order chi connectivity index (χ1) is 21.8. The van der Waals surface area contributed by atoms with Gasteiger partial charge in [0.1, 0.15) is 0 Å². The topological polar surface area (TPSA) is 0 Å². The van der Waals surface area contributed by atoms with Gasteiger partial charge in [-0.15, -0.1) is 0 Å². The Morgan fingerprint density at radius 3 is 1.14 bits per heavy atom. The van der Waals surface area contributed by atoms with Crippen molar-refractivity contribution in [3.05, 3.63) is 170 Å². The highest BCUT2D eigenvalue weighted by molar-refractivity contribution is 6.39. The molecule has 0 saturated carbocycles. The molecule has 0 bridgehead atoms. The monoisotopic (exact) mass is 556 g/mol. The number of benzene rings is 9. The van der Waals surface area contributed by atoms with Gasteiger partial charge in [0.25, 0.3) is 0 Å². The number of hydrogen-bond donors (Lipinski definition) is 0. The van der Waals surface area contributed by atoms with Gasteiger partial charge in [0.05, 0.1) is 0 Å². The first kappa shape index (κ1) is 24.8. The maximum atomic E-state index is 2.43. The zero-order valence-electron chi connectivity index (χ0n) is 24.2. The van der Waals surface area contributed by atoms with Crippen LogP contribution in [0.1, 0.15) is 0 Å². The van der Waals surface area contributed by atoms with E-state index < -0.39 is 0 Å². The third-order valence-electron chi connectivity index (χ3n) is 9.25. The standard InChI is InChI=1S/C44H28/c1-2-12-29(13-3-1)30-22-24-31(25-23-30)33-14-4-5-15-34(33)32-26-27-38-37-18-8-10-20-40(37)43-39-19-9-6-16-35(39)36-17-7-11-21-41(36)44(43)42(38)28-32/h1-28H. The van der Waals surface area contributed by atoms with Gasteiger partial charge in [-0.25, -0.2) is 0 Å². The van der Waals surface area contributed by atoms with Crippen molar-refractivity contribution < 1.29 is 0 Å². The summed E-state index contributed by atoms with van der Waals surface area (Å²) in [6.45, 7) is 0. The Labute approximate surface area is 256 Å². The minimum Gasteiger partial charge on any atom is -0.0622 e. The van der Waals surface area contributed by atoms with Gasteiger partial charge in [-0.1, -0.05) is 164 Å². The number of hydrogen-bond acceptors (Lipinski definition) is 0. The van der Waals surface area contributed by atoms with Crippen molar-refractivity contribution in [2.75, 3.05) is 0 Å². The van der Waals surface area contributed by atoms with E-state index >= 15 is 0 Å². The van der Waals surface area contributed by atoms with Crippen molar-refractivity contribution in [3.63, 3.8) is 0 Å². The molecule has 0 N–H and O–H groups in total. The Morgan fingerprint density at radius 1 is 0.205 bits per heavy atom. The predicted molar refractivity (Wildman–Crippen MR) is 190 cm³/mol. The summed E-state index contributed by atoms with van der Waals surface area (Å²) in [7, 11) is 0. The van der Waals surface area contributed by atoms with E-state index in [2.05, 4.69) is 170 Å². The van der Waals surface area contributed by atoms with Gasteiger partial charge in [0.2, 0.25) is 0 Å². The highest BCUT2D eigenvalue weighted by atomic mass is 14.2. The maximum absolute atomic E-state index is 2.43. The summed E-state index contributed by atoms with van der Waals surface area (Å²) in [5, 5.41) is 13.1. The molecule has 0 saturated heterocycles. The van der Waals surface area contributed by atoms with Crippen LogP contribution in [-0.4, -0.2) is 0 Å². The fraction of sp³-hybridized carbons (Fsp3) is 0. The van der Waals surface area contributed by atoms with Crippen LogP contribution >= 0.6 is 0 Å². The van der Waals surface area contributed by atoms with E-state index in [0.29, 0.717) is 0 Å². The molecule has 0 radical (unpaired) electrons. The van der Waals surface area contributed by atoms with Gasteiger partial charge in [0.15, 0.2) is 0 Å². The largest absolute Gasteiger partial charge is 0.0622 e. The van der Waals surface area contributed by atoms with Crippen molar-refractivity contribution in [1.82, 2.24) is 0 Å². The van der Waals surface area contributed by atoms with Crippen LogP contribution in [0.4, 0.5) is 0 Å². The average molecular weight is 557 g/mol. The second-order valence-corrected chi connectivity index (χ2v) is 11.6. The Morgan fingerprint density at radius 2 is 0.568 bits per heavy atom. The molecule has 0 fully saturated rings. The fourth-order valence-electron chi connectivity index (χ4n) is 7.25. The lowest BCUT2D eigenvalue weighted by Crippen LogP contribution is -1.90. The molecular weight excluding hydrogens is 528 g/mol. The molecule has 9 rings (SSSR count). The molecule has 204 valence electrons. The van der Waals surface area contributed by atoms with Crippen LogP contribution in [0.3, 0.4) is 0 Å². The van der Waals surface area contributed by atoms with Gasteiger partial charge in [-0.05, 0) is 93.3 Å². The summed E-state index contributed by atoms with van der Waals surface area (Å²) in [6, 6.07) is 62.2. The van der Waals surface area contributed by atoms with Crippen LogP contribution in [0.15, 0.2) is 170 Å². The molecule has 0 unspecified atom stereocenters. The molecule has 9 aromatic rings. The minimum atomic E-state index is 1.22. The van der Waals surface area contributed by atoms with E-state index in [-0.39, 0.29) is 0 Å². The zero-order valence-corrected chi connectivity index (χ0v) is 24.2. The molecule has 44 heavy (non-hydrogen) atoms. The normalized spacial score (nSPS) is 11.6. The maximum Gasteiger partial charge on any atom is -0.00137 e. The second-order valence-electron chi connectivity index (χ2n) is 11.6. The van der Waals surface area contributed by atoms with E-state index in [1.54, 1.807) is 0 Å². The molecule has 0 aliphatic heterocycles. The lowest BCUT2D eigenvalue weighted by atomic mass is 9.85. The average Bonchev–Trinajstić information content (AvgIpc) is 3.11. The Bertz CT molecular complexity index is 2500. The number of rotatable bonds is 3. The molecule has 0 aliphatic rings. The highest BCUT2D eigenvalue weighted by Crippen LogP contribution is 2.45. The summed E-state index contributed by atoms with van der Waals surface area (Å²) < 4.78 is 0. The summed E-state index contributed by atoms with van der Waals surface area (Å²) >= 11 is 0. The third-order valence-corrected chi connectivity index (χ3v) is 9.25. The quantitative estimate of drug-likeness (QED) is 0.190. The van der Waals surface area contributed by atoms with E-state index in [4.69, 9.17) is 0 Å². The third kappa shape index (κ3) is 3.78. The van der Waals surface area contributed by atoms with E-state index in [9.17, 15) is 0 Å². The van der Waals surface area contributed by atoms with Gasteiger partial charge in [-0.3, -0.25) is 0 Å². The lowest BCUT2D eigenvalue weighted by Gasteiger charge is -2.18. The molecule has 0 heterocycles. The first-order valence-corrected chi connectivity index (χ1v) is 15.3. The molecule has 0 spiro atoms. The summed E-state index contributed by atoms with van der Waals surface area (Å²) in [6.07, 6.45) is 0. The number of fused-ring (bicyclic) bond motifs is 11. The van der Waals surface area contributed by atoms with Crippen LogP contribution < -0.4 is 0 Å². The van der Waals surface area contributed by atoms with Crippen molar-refractivity contribution in [2.45, 2.75) is 0 Å². The Kier molecular flexibility index (Phi) is 5.61. The minimum absolute atomic E-state index is 1.22. The Balaban J connectivity index is 1.33. The van der Waals surface area contributed by atoms with Crippen molar-refractivity contribution >= 4 is 53.9 Å². The molecule has 0 amide bonds. The van der Waals surface area contributed by atoms with Crippen LogP contribution in [0, 0.1) is 0 Å². The molecule has 0 aliphatic carbocycles. The van der Waals surface area contributed by atoms with Crippen LogP contribution in [0.2, 0.25) is 0 Å². The summed E-state index contributed by atoms with van der Waals surface area (Å²) in [5.74, 6) is 0. The smallest absolute Gasteiger partial charge is 0.00137 e. The van der Waals surface area contributed by atoms with Crippen molar-refractivity contribution in [1.29, 1.82) is 0 Å². The van der Waals surface area contributed by atoms with Crippen LogP contribution in [0.25, 0.3) is 87.2 Å². The SMILES string of the molecule is c1ccc(-c2ccc(-c3ccccc3-c3ccc4c5ccccc5c5c6ccccc6c6ccccc6c5c4c3)cc2)cc1. The van der Waals surface area contributed by atoms with Gasteiger partial charge in [0, 0.05) is 0 Å².